The van der Waals surface area contributed by atoms with Gasteiger partial charge in [0.05, 0.1) is 5.69 Å². The van der Waals surface area contributed by atoms with Gasteiger partial charge < -0.3 is 14.6 Å². The quantitative estimate of drug-likeness (QED) is 0.368. The topological polar surface area (TPSA) is 88.4 Å². The average molecular weight is 495 g/mol. The fourth-order valence-corrected chi connectivity index (χ4v) is 5.16. The molecule has 4 aromatic rings. The first-order valence-electron chi connectivity index (χ1n) is 12.1. The standard InChI is InChI=1S/C26H31ClN6O2/c1-15(2)21-18-12-17(16-8-10-32(11-9-16)25(34)35-26(3,4)5)6-7-19(18)29-22(21)20-13-33-14-28-31-24(33)23(27)30-20/h6-7,12-16,29H,8-11H2,1-5H3. The minimum Gasteiger partial charge on any atom is -0.444 e. The lowest BCUT2D eigenvalue weighted by molar-refractivity contribution is 0.0205. The van der Waals surface area contributed by atoms with Crippen molar-refractivity contribution in [1.82, 2.24) is 29.5 Å². The van der Waals surface area contributed by atoms with Crippen molar-refractivity contribution >= 4 is 34.2 Å². The fourth-order valence-electron chi connectivity index (χ4n) is 4.93. The van der Waals surface area contributed by atoms with Crippen LogP contribution >= 0.6 is 11.6 Å². The smallest absolute Gasteiger partial charge is 0.410 e. The molecule has 3 aromatic heterocycles. The van der Waals surface area contributed by atoms with Crippen molar-refractivity contribution in [3.63, 3.8) is 0 Å². The number of benzene rings is 1. The first-order chi connectivity index (χ1) is 16.6. The Labute approximate surface area is 209 Å². The number of nitrogens with zero attached hydrogens (tertiary/aromatic N) is 5. The summed E-state index contributed by atoms with van der Waals surface area (Å²) < 4.78 is 7.35. The summed E-state index contributed by atoms with van der Waals surface area (Å²) in [5.41, 5.74) is 5.37. The maximum atomic E-state index is 12.5. The number of H-pyrrole nitrogens is 1. The Morgan fingerprint density at radius 2 is 1.97 bits per heavy atom. The molecule has 1 fully saturated rings. The molecule has 1 saturated heterocycles. The Kier molecular flexibility index (Phi) is 5.95. The molecule has 9 heteroatoms. The summed E-state index contributed by atoms with van der Waals surface area (Å²) in [6.45, 7) is 11.5. The molecule has 4 heterocycles. The molecule has 1 amide bonds. The normalized spacial score (nSPS) is 15.5. The van der Waals surface area contributed by atoms with Gasteiger partial charge in [-0.2, -0.15) is 0 Å². The van der Waals surface area contributed by atoms with Crippen LogP contribution < -0.4 is 0 Å². The summed E-state index contributed by atoms with van der Waals surface area (Å²) in [5, 5.41) is 9.49. The van der Waals surface area contributed by atoms with Crippen molar-refractivity contribution in [3.05, 3.63) is 47.0 Å². The summed E-state index contributed by atoms with van der Waals surface area (Å²) in [6, 6.07) is 6.65. The van der Waals surface area contributed by atoms with E-state index in [0.29, 0.717) is 29.8 Å². The molecule has 184 valence electrons. The summed E-state index contributed by atoms with van der Waals surface area (Å²) in [7, 11) is 0. The van der Waals surface area contributed by atoms with Crippen LogP contribution in [-0.2, 0) is 4.74 Å². The number of likely N-dealkylation sites (tertiary alicyclic amines) is 1. The minimum absolute atomic E-state index is 0.222. The summed E-state index contributed by atoms with van der Waals surface area (Å²) in [6.07, 6.45) is 5.15. The summed E-state index contributed by atoms with van der Waals surface area (Å²) >= 11 is 6.39. The van der Waals surface area contributed by atoms with Gasteiger partial charge in [-0.1, -0.05) is 31.5 Å². The molecule has 8 nitrogen and oxygen atoms in total. The zero-order valence-corrected chi connectivity index (χ0v) is 21.6. The monoisotopic (exact) mass is 494 g/mol. The van der Waals surface area contributed by atoms with Gasteiger partial charge in [0.2, 0.25) is 0 Å². The maximum Gasteiger partial charge on any atom is 0.410 e. The number of nitrogens with one attached hydrogen (secondary N) is 1. The van der Waals surface area contributed by atoms with Gasteiger partial charge in [-0.05, 0) is 68.7 Å². The average Bonchev–Trinajstić information content (AvgIpc) is 3.42. The van der Waals surface area contributed by atoms with Crippen molar-refractivity contribution in [2.45, 2.75) is 64.9 Å². The molecule has 0 bridgehead atoms. The number of carbonyl (C=O) groups is 1. The number of carbonyl (C=O) groups excluding carboxylic acids is 1. The first kappa shape index (κ1) is 23.6. The number of piperidine rings is 1. The molecular formula is C26H31ClN6O2. The fraction of sp³-hybridized carbons (Fsp3) is 0.462. The highest BCUT2D eigenvalue weighted by Crippen LogP contribution is 2.38. The van der Waals surface area contributed by atoms with Gasteiger partial charge in [-0.25, -0.2) is 9.78 Å². The molecule has 0 radical (unpaired) electrons. The molecule has 5 rings (SSSR count). The number of amides is 1. The van der Waals surface area contributed by atoms with Crippen LogP contribution in [0.15, 0.2) is 30.7 Å². The highest BCUT2D eigenvalue weighted by molar-refractivity contribution is 6.32. The summed E-state index contributed by atoms with van der Waals surface area (Å²) in [5.74, 6) is 0.678. The predicted molar refractivity (Wildman–Crippen MR) is 137 cm³/mol. The van der Waals surface area contributed by atoms with Gasteiger partial charge in [0.1, 0.15) is 17.6 Å². The molecular weight excluding hydrogens is 464 g/mol. The zero-order valence-electron chi connectivity index (χ0n) is 20.8. The van der Waals surface area contributed by atoms with E-state index in [4.69, 9.17) is 16.3 Å². The van der Waals surface area contributed by atoms with Crippen molar-refractivity contribution in [1.29, 1.82) is 0 Å². The third kappa shape index (κ3) is 4.59. The molecule has 0 atom stereocenters. The van der Waals surface area contributed by atoms with E-state index in [-0.39, 0.29) is 12.0 Å². The molecule has 0 unspecified atom stereocenters. The number of halogens is 1. The number of hydrogen-bond acceptors (Lipinski definition) is 5. The van der Waals surface area contributed by atoms with E-state index in [9.17, 15) is 4.79 Å². The number of ether oxygens (including phenoxy) is 1. The predicted octanol–water partition coefficient (Wildman–Crippen LogP) is 6.16. The van der Waals surface area contributed by atoms with Gasteiger partial charge in [0.15, 0.2) is 10.8 Å². The van der Waals surface area contributed by atoms with Crippen LogP contribution in [0.5, 0.6) is 0 Å². The minimum atomic E-state index is -0.476. The van der Waals surface area contributed by atoms with Crippen molar-refractivity contribution in [2.75, 3.05) is 13.1 Å². The van der Waals surface area contributed by atoms with Crippen molar-refractivity contribution in [3.8, 4) is 11.4 Å². The maximum absolute atomic E-state index is 12.5. The lowest BCUT2D eigenvalue weighted by Gasteiger charge is -2.33. The van der Waals surface area contributed by atoms with Gasteiger partial charge in [0, 0.05) is 30.2 Å². The number of aromatic nitrogens is 5. The van der Waals surface area contributed by atoms with Crippen molar-refractivity contribution in [2.24, 2.45) is 0 Å². The first-order valence-corrected chi connectivity index (χ1v) is 12.5. The molecule has 0 aliphatic carbocycles. The lowest BCUT2D eigenvalue weighted by atomic mass is 9.88. The molecule has 1 aliphatic rings. The van der Waals surface area contributed by atoms with Crippen molar-refractivity contribution < 1.29 is 9.53 Å². The molecule has 0 saturated carbocycles. The second-order valence-corrected chi connectivity index (χ2v) is 11.0. The molecule has 1 aromatic carbocycles. The molecule has 1 N–H and O–H groups in total. The van der Waals surface area contributed by atoms with Crippen LogP contribution in [0.2, 0.25) is 5.15 Å². The van der Waals surface area contributed by atoms with Crippen LogP contribution in [-0.4, -0.2) is 54.2 Å². The van der Waals surface area contributed by atoms with Gasteiger partial charge in [-0.3, -0.25) is 4.40 Å². The van der Waals surface area contributed by atoms with Crippen LogP contribution in [0.1, 0.15) is 70.4 Å². The van der Waals surface area contributed by atoms with Crippen LogP contribution in [0.3, 0.4) is 0 Å². The third-order valence-electron chi connectivity index (χ3n) is 6.55. The Morgan fingerprint density at radius 3 is 2.66 bits per heavy atom. The largest absolute Gasteiger partial charge is 0.444 e. The SMILES string of the molecule is CC(C)c1c(-c2cn3cnnc3c(Cl)n2)[nH]c2ccc(C3CCN(C(=O)OC(C)(C)C)CC3)cc12. The van der Waals surface area contributed by atoms with Gasteiger partial charge in [-0.15, -0.1) is 10.2 Å². The van der Waals surface area contributed by atoms with Gasteiger partial charge in [0.25, 0.3) is 0 Å². The second-order valence-electron chi connectivity index (χ2n) is 10.6. The Bertz CT molecular complexity index is 1390. The van der Waals surface area contributed by atoms with E-state index >= 15 is 0 Å². The molecule has 0 spiro atoms. The molecule has 1 aliphatic heterocycles. The van der Waals surface area contributed by atoms with Crippen LogP contribution in [0.25, 0.3) is 27.9 Å². The third-order valence-corrected chi connectivity index (χ3v) is 6.81. The Balaban J connectivity index is 1.44. The Morgan fingerprint density at radius 1 is 1.23 bits per heavy atom. The molecule has 35 heavy (non-hydrogen) atoms. The van der Waals surface area contributed by atoms with E-state index < -0.39 is 5.60 Å². The van der Waals surface area contributed by atoms with E-state index in [1.54, 1.807) is 10.7 Å². The number of aromatic amines is 1. The van der Waals surface area contributed by atoms with E-state index in [1.165, 1.54) is 16.5 Å². The van der Waals surface area contributed by atoms with Crippen LogP contribution in [0.4, 0.5) is 4.79 Å². The Hall–Kier alpha value is -3.13. The highest BCUT2D eigenvalue weighted by Gasteiger charge is 2.28. The van der Waals surface area contributed by atoms with E-state index in [0.717, 1.165) is 29.7 Å². The lowest BCUT2D eigenvalue weighted by Crippen LogP contribution is -2.41. The highest BCUT2D eigenvalue weighted by atomic mass is 35.5. The zero-order chi connectivity index (χ0) is 24.9. The van der Waals surface area contributed by atoms with E-state index in [1.807, 2.05) is 31.9 Å². The number of hydrogen-bond donors (Lipinski definition) is 1. The van der Waals surface area contributed by atoms with E-state index in [2.05, 4.69) is 52.2 Å². The number of fused-ring (bicyclic) bond motifs is 2. The van der Waals surface area contributed by atoms with Gasteiger partial charge >= 0.3 is 6.09 Å². The number of rotatable bonds is 3. The second kappa shape index (κ2) is 8.82. The van der Waals surface area contributed by atoms with Crippen LogP contribution in [0, 0.1) is 0 Å². The summed E-state index contributed by atoms with van der Waals surface area (Å²) in [4.78, 5) is 22.5.